The summed E-state index contributed by atoms with van der Waals surface area (Å²) in [5.41, 5.74) is 6.76. The zero-order chi connectivity index (χ0) is 13.8. The van der Waals surface area contributed by atoms with Crippen molar-refractivity contribution < 1.29 is 9.53 Å². The standard InChI is InChI=1S/C14H19ClN2O2/c1-17(8-10-3-2-6-19-9-10)14(18)12-5-4-11(15)7-13(12)16/h4-5,7,10H,2-3,6,8-9,16H2,1H3. The Morgan fingerprint density at radius 1 is 1.58 bits per heavy atom. The number of nitrogen functional groups attached to an aromatic ring is 1. The second-order valence-electron chi connectivity index (χ2n) is 5.00. The minimum Gasteiger partial charge on any atom is -0.398 e. The van der Waals surface area contributed by atoms with Crippen molar-refractivity contribution in [1.82, 2.24) is 4.90 Å². The average molecular weight is 283 g/mol. The highest BCUT2D eigenvalue weighted by Gasteiger charge is 2.20. The Bertz CT molecular complexity index is 459. The molecule has 19 heavy (non-hydrogen) atoms. The van der Waals surface area contributed by atoms with Crippen molar-refractivity contribution in [3.05, 3.63) is 28.8 Å². The molecular weight excluding hydrogens is 264 g/mol. The number of nitrogens with two attached hydrogens (primary N) is 1. The van der Waals surface area contributed by atoms with Gasteiger partial charge in [0.2, 0.25) is 0 Å². The van der Waals surface area contributed by atoms with Gasteiger partial charge in [-0.3, -0.25) is 4.79 Å². The van der Waals surface area contributed by atoms with Gasteiger partial charge in [0.05, 0.1) is 12.2 Å². The zero-order valence-corrected chi connectivity index (χ0v) is 11.8. The Hall–Kier alpha value is -1.26. The second kappa shape index (κ2) is 6.26. The van der Waals surface area contributed by atoms with Crippen LogP contribution in [0.25, 0.3) is 0 Å². The summed E-state index contributed by atoms with van der Waals surface area (Å²) in [6, 6.07) is 4.96. The molecule has 2 rings (SSSR count). The van der Waals surface area contributed by atoms with E-state index in [9.17, 15) is 4.79 Å². The lowest BCUT2D eigenvalue weighted by Crippen LogP contribution is -2.35. The maximum atomic E-state index is 12.3. The number of nitrogens with zero attached hydrogens (tertiary/aromatic N) is 1. The van der Waals surface area contributed by atoms with Crippen molar-refractivity contribution in [2.75, 3.05) is 32.5 Å². The van der Waals surface area contributed by atoms with Crippen LogP contribution < -0.4 is 5.73 Å². The van der Waals surface area contributed by atoms with Crippen LogP contribution in [0, 0.1) is 5.92 Å². The number of hydrogen-bond acceptors (Lipinski definition) is 3. The van der Waals surface area contributed by atoms with Crippen molar-refractivity contribution in [1.29, 1.82) is 0 Å². The highest BCUT2D eigenvalue weighted by atomic mass is 35.5. The Kier molecular flexibility index (Phi) is 4.66. The van der Waals surface area contributed by atoms with Gasteiger partial charge >= 0.3 is 0 Å². The number of amides is 1. The third-order valence-corrected chi connectivity index (χ3v) is 3.61. The first kappa shape index (κ1) is 14.2. The molecule has 1 saturated heterocycles. The Labute approximate surface area is 118 Å². The molecule has 4 nitrogen and oxygen atoms in total. The van der Waals surface area contributed by atoms with E-state index < -0.39 is 0 Å². The van der Waals surface area contributed by atoms with Crippen LogP contribution in [0.5, 0.6) is 0 Å². The van der Waals surface area contributed by atoms with Crippen molar-refractivity contribution in [3.63, 3.8) is 0 Å². The number of benzene rings is 1. The lowest BCUT2D eigenvalue weighted by molar-refractivity contribution is 0.0389. The van der Waals surface area contributed by atoms with Gasteiger partial charge in [0.15, 0.2) is 0 Å². The summed E-state index contributed by atoms with van der Waals surface area (Å²) in [6.45, 7) is 2.26. The van der Waals surface area contributed by atoms with E-state index in [4.69, 9.17) is 22.1 Å². The average Bonchev–Trinajstić information content (AvgIpc) is 2.39. The van der Waals surface area contributed by atoms with Crippen LogP contribution in [-0.4, -0.2) is 37.6 Å². The summed E-state index contributed by atoms with van der Waals surface area (Å²) in [4.78, 5) is 14.0. The topological polar surface area (TPSA) is 55.6 Å². The van der Waals surface area contributed by atoms with Crippen LogP contribution in [0.2, 0.25) is 5.02 Å². The molecule has 1 unspecified atom stereocenters. The van der Waals surface area contributed by atoms with Crippen LogP contribution in [0.3, 0.4) is 0 Å². The number of carbonyl (C=O) groups is 1. The SMILES string of the molecule is CN(CC1CCCOC1)C(=O)c1ccc(Cl)cc1N. The third kappa shape index (κ3) is 3.61. The van der Waals surface area contributed by atoms with E-state index in [1.807, 2.05) is 0 Å². The highest BCUT2D eigenvalue weighted by Crippen LogP contribution is 2.21. The lowest BCUT2D eigenvalue weighted by atomic mass is 10.0. The predicted molar refractivity (Wildman–Crippen MR) is 76.4 cm³/mol. The molecule has 0 bridgehead atoms. The molecule has 1 aliphatic heterocycles. The van der Waals surface area contributed by atoms with Gasteiger partial charge in [0, 0.05) is 30.9 Å². The lowest BCUT2D eigenvalue weighted by Gasteiger charge is -2.27. The van der Waals surface area contributed by atoms with Gasteiger partial charge in [0.1, 0.15) is 0 Å². The van der Waals surface area contributed by atoms with Crippen LogP contribution in [0.4, 0.5) is 5.69 Å². The van der Waals surface area contributed by atoms with Gasteiger partial charge in [-0.05, 0) is 37.0 Å². The van der Waals surface area contributed by atoms with E-state index in [-0.39, 0.29) is 5.91 Å². The van der Waals surface area contributed by atoms with Crippen molar-refractivity contribution in [2.24, 2.45) is 5.92 Å². The number of hydrogen-bond donors (Lipinski definition) is 1. The molecule has 0 aliphatic carbocycles. The molecule has 1 aromatic rings. The maximum absolute atomic E-state index is 12.3. The molecule has 1 aromatic carbocycles. The van der Waals surface area contributed by atoms with Crippen LogP contribution >= 0.6 is 11.6 Å². The number of halogens is 1. The van der Waals surface area contributed by atoms with E-state index in [2.05, 4.69) is 0 Å². The molecule has 0 radical (unpaired) electrons. The molecule has 1 amide bonds. The molecule has 1 fully saturated rings. The summed E-state index contributed by atoms with van der Waals surface area (Å²) < 4.78 is 5.43. The summed E-state index contributed by atoms with van der Waals surface area (Å²) in [5, 5.41) is 0.539. The molecule has 1 heterocycles. The quantitative estimate of drug-likeness (QED) is 0.866. The largest absolute Gasteiger partial charge is 0.398 e. The van der Waals surface area contributed by atoms with E-state index >= 15 is 0 Å². The van der Waals surface area contributed by atoms with E-state index in [0.29, 0.717) is 28.7 Å². The minimum absolute atomic E-state index is 0.0697. The molecule has 0 spiro atoms. The summed E-state index contributed by atoms with van der Waals surface area (Å²) in [7, 11) is 1.80. The van der Waals surface area contributed by atoms with E-state index in [0.717, 1.165) is 26.1 Å². The van der Waals surface area contributed by atoms with Crippen LogP contribution in [0.1, 0.15) is 23.2 Å². The Balaban J connectivity index is 2.01. The molecule has 0 aromatic heterocycles. The molecule has 1 aliphatic rings. The Morgan fingerprint density at radius 2 is 2.37 bits per heavy atom. The number of rotatable bonds is 3. The first-order valence-electron chi connectivity index (χ1n) is 6.46. The van der Waals surface area contributed by atoms with E-state index in [1.54, 1.807) is 30.1 Å². The molecule has 1 atom stereocenters. The first-order valence-corrected chi connectivity index (χ1v) is 6.84. The molecule has 104 valence electrons. The van der Waals surface area contributed by atoms with Gasteiger partial charge < -0.3 is 15.4 Å². The highest BCUT2D eigenvalue weighted by molar-refractivity contribution is 6.31. The molecule has 5 heteroatoms. The fourth-order valence-corrected chi connectivity index (χ4v) is 2.54. The third-order valence-electron chi connectivity index (χ3n) is 3.38. The molecule has 2 N–H and O–H groups in total. The van der Waals surface area contributed by atoms with Crippen LogP contribution in [0.15, 0.2) is 18.2 Å². The van der Waals surface area contributed by atoms with Crippen molar-refractivity contribution in [2.45, 2.75) is 12.8 Å². The van der Waals surface area contributed by atoms with Crippen molar-refractivity contribution in [3.8, 4) is 0 Å². The normalized spacial score (nSPS) is 19.2. The van der Waals surface area contributed by atoms with Crippen molar-refractivity contribution >= 4 is 23.2 Å². The van der Waals surface area contributed by atoms with Gasteiger partial charge in [-0.25, -0.2) is 0 Å². The molecule has 0 saturated carbocycles. The predicted octanol–water partition coefficient (Wildman–Crippen LogP) is 2.42. The smallest absolute Gasteiger partial charge is 0.255 e. The minimum atomic E-state index is -0.0697. The number of ether oxygens (including phenoxy) is 1. The second-order valence-corrected chi connectivity index (χ2v) is 5.44. The monoisotopic (exact) mass is 282 g/mol. The van der Waals surface area contributed by atoms with Gasteiger partial charge in [0.25, 0.3) is 5.91 Å². The van der Waals surface area contributed by atoms with Gasteiger partial charge in [-0.1, -0.05) is 11.6 Å². The number of carbonyl (C=O) groups excluding carboxylic acids is 1. The molecular formula is C14H19ClN2O2. The van der Waals surface area contributed by atoms with Gasteiger partial charge in [-0.15, -0.1) is 0 Å². The maximum Gasteiger partial charge on any atom is 0.255 e. The summed E-state index contributed by atoms with van der Waals surface area (Å²) in [6.07, 6.45) is 2.17. The summed E-state index contributed by atoms with van der Waals surface area (Å²) >= 11 is 5.84. The van der Waals surface area contributed by atoms with E-state index in [1.165, 1.54) is 0 Å². The number of anilines is 1. The van der Waals surface area contributed by atoms with Gasteiger partial charge in [-0.2, -0.15) is 0 Å². The Morgan fingerprint density at radius 3 is 3.00 bits per heavy atom. The zero-order valence-electron chi connectivity index (χ0n) is 11.1. The fourth-order valence-electron chi connectivity index (χ4n) is 2.36. The summed E-state index contributed by atoms with van der Waals surface area (Å²) in [5.74, 6) is 0.343. The fraction of sp³-hybridized carbons (Fsp3) is 0.500. The van der Waals surface area contributed by atoms with Crippen LogP contribution in [-0.2, 0) is 4.74 Å². The first-order chi connectivity index (χ1) is 9.08.